The zero-order valence-electron chi connectivity index (χ0n) is 6.97. The number of halogens is 1. The normalized spacial score (nSPS) is 9.50. The topological polar surface area (TPSA) is 37.0 Å². The second kappa shape index (κ2) is 4.54. The molecule has 12 heavy (non-hydrogen) atoms. The first-order chi connectivity index (χ1) is 5.86. The van der Waals surface area contributed by atoms with Crippen molar-refractivity contribution in [1.82, 2.24) is 4.98 Å². The van der Waals surface area contributed by atoms with Crippen molar-refractivity contribution in [3.8, 4) is 0 Å². The van der Waals surface area contributed by atoms with Crippen molar-refractivity contribution in [2.75, 3.05) is 30.9 Å². The highest BCUT2D eigenvalue weighted by atomic mass is 19.1. The van der Waals surface area contributed by atoms with E-state index in [1.54, 1.807) is 19.3 Å². The van der Waals surface area contributed by atoms with Gasteiger partial charge in [0.1, 0.15) is 12.5 Å². The minimum absolute atomic E-state index is 0.340. The molecule has 0 aliphatic carbocycles. The van der Waals surface area contributed by atoms with Gasteiger partial charge in [0.15, 0.2) is 0 Å². The lowest BCUT2D eigenvalue weighted by atomic mass is 10.4. The summed E-state index contributed by atoms with van der Waals surface area (Å²) in [6.45, 7) is -0.0234. The number of nitrogens with one attached hydrogen (secondary N) is 2. The Labute approximate surface area is 71.0 Å². The molecule has 0 aliphatic rings. The second-order valence-electron chi connectivity index (χ2n) is 2.30. The molecule has 0 unspecified atom stereocenters. The molecule has 0 spiro atoms. The first kappa shape index (κ1) is 8.77. The van der Waals surface area contributed by atoms with E-state index in [2.05, 4.69) is 15.6 Å². The third-order valence-electron chi connectivity index (χ3n) is 1.44. The third kappa shape index (κ3) is 2.38. The minimum Gasteiger partial charge on any atom is -0.382 e. The van der Waals surface area contributed by atoms with Gasteiger partial charge in [-0.1, -0.05) is 0 Å². The fourth-order valence-corrected chi connectivity index (χ4v) is 0.869. The average Bonchev–Trinajstić information content (AvgIpc) is 2.15. The van der Waals surface area contributed by atoms with Crippen LogP contribution in [0, 0.1) is 0 Å². The van der Waals surface area contributed by atoms with Crippen molar-refractivity contribution >= 4 is 11.5 Å². The molecule has 2 N–H and O–H groups in total. The van der Waals surface area contributed by atoms with Crippen molar-refractivity contribution in [1.29, 1.82) is 0 Å². The Balaban J connectivity index is 2.60. The molecule has 3 nitrogen and oxygen atoms in total. The molecule has 0 aliphatic heterocycles. The number of aromatic nitrogens is 1. The van der Waals surface area contributed by atoms with E-state index < -0.39 is 0 Å². The molecule has 1 heterocycles. The molecule has 1 aromatic rings. The smallest absolute Gasteiger partial charge is 0.127 e. The predicted octanol–water partition coefficient (Wildman–Crippen LogP) is 1.50. The molecule has 1 aromatic heterocycles. The summed E-state index contributed by atoms with van der Waals surface area (Å²) in [5, 5.41) is 5.81. The summed E-state index contributed by atoms with van der Waals surface area (Å²) in [6, 6.07) is 3.63. The van der Waals surface area contributed by atoms with Crippen LogP contribution in [0.5, 0.6) is 0 Å². The highest BCUT2D eigenvalue weighted by molar-refractivity contribution is 5.51. The van der Waals surface area contributed by atoms with Gasteiger partial charge in [0.2, 0.25) is 0 Å². The Morgan fingerprint density at radius 1 is 1.58 bits per heavy atom. The molecule has 0 saturated heterocycles. The number of nitrogens with zero attached hydrogens (tertiary/aromatic N) is 1. The Morgan fingerprint density at radius 3 is 3.08 bits per heavy atom. The molecule has 0 fully saturated rings. The Morgan fingerprint density at radius 2 is 2.42 bits per heavy atom. The highest BCUT2D eigenvalue weighted by Gasteiger charge is 1.93. The monoisotopic (exact) mass is 169 g/mol. The summed E-state index contributed by atoms with van der Waals surface area (Å²) >= 11 is 0. The average molecular weight is 169 g/mol. The van der Waals surface area contributed by atoms with Gasteiger partial charge in [-0.05, 0) is 6.07 Å². The van der Waals surface area contributed by atoms with Gasteiger partial charge in [-0.25, -0.2) is 9.37 Å². The molecular formula is C8H12FN3. The number of rotatable bonds is 4. The third-order valence-corrected chi connectivity index (χ3v) is 1.44. The molecule has 66 valence electrons. The molecule has 0 atom stereocenters. The Hall–Kier alpha value is -1.32. The van der Waals surface area contributed by atoms with E-state index in [9.17, 15) is 4.39 Å². The van der Waals surface area contributed by atoms with Gasteiger partial charge in [-0.15, -0.1) is 0 Å². The number of alkyl halides is 1. The SMILES string of the molecule is CNc1cc(NCCF)ccn1. The lowest BCUT2D eigenvalue weighted by Gasteiger charge is -2.04. The summed E-state index contributed by atoms with van der Waals surface area (Å²) in [7, 11) is 1.79. The first-order valence-electron chi connectivity index (χ1n) is 3.80. The van der Waals surface area contributed by atoms with Crippen LogP contribution in [-0.4, -0.2) is 25.3 Å². The van der Waals surface area contributed by atoms with Gasteiger partial charge >= 0.3 is 0 Å². The molecular weight excluding hydrogens is 157 g/mol. The van der Waals surface area contributed by atoms with Crippen molar-refractivity contribution in [3.63, 3.8) is 0 Å². The lowest BCUT2D eigenvalue weighted by Crippen LogP contribution is -2.03. The maximum Gasteiger partial charge on any atom is 0.127 e. The standard InChI is InChI=1S/C8H12FN3/c1-10-8-6-7(2-4-12-8)11-5-3-9/h2,4,6H,3,5H2,1H3,(H2,10,11,12). The van der Waals surface area contributed by atoms with Crippen LogP contribution < -0.4 is 10.6 Å². The minimum atomic E-state index is -0.364. The molecule has 0 amide bonds. The lowest BCUT2D eigenvalue weighted by molar-refractivity contribution is 0.513. The van der Waals surface area contributed by atoms with E-state index >= 15 is 0 Å². The fraction of sp³-hybridized carbons (Fsp3) is 0.375. The van der Waals surface area contributed by atoms with Gasteiger partial charge in [0.25, 0.3) is 0 Å². The second-order valence-corrected chi connectivity index (χ2v) is 2.30. The van der Waals surface area contributed by atoms with Crippen molar-refractivity contribution in [2.24, 2.45) is 0 Å². The maximum atomic E-state index is 11.8. The van der Waals surface area contributed by atoms with E-state index in [1.807, 2.05) is 6.07 Å². The quantitative estimate of drug-likeness (QED) is 0.717. The maximum absolute atomic E-state index is 11.8. The van der Waals surface area contributed by atoms with Crippen molar-refractivity contribution < 1.29 is 4.39 Å². The van der Waals surface area contributed by atoms with Crippen LogP contribution in [0.4, 0.5) is 15.9 Å². The summed E-state index contributed by atoms with van der Waals surface area (Å²) in [4.78, 5) is 4.02. The predicted molar refractivity (Wildman–Crippen MR) is 48.2 cm³/mol. The molecule has 4 heteroatoms. The highest BCUT2D eigenvalue weighted by Crippen LogP contribution is 2.10. The van der Waals surface area contributed by atoms with Crippen molar-refractivity contribution in [2.45, 2.75) is 0 Å². The van der Waals surface area contributed by atoms with Crippen LogP contribution in [0.15, 0.2) is 18.3 Å². The number of pyridine rings is 1. The van der Waals surface area contributed by atoms with Gasteiger partial charge < -0.3 is 10.6 Å². The summed E-state index contributed by atoms with van der Waals surface area (Å²) < 4.78 is 11.8. The van der Waals surface area contributed by atoms with E-state index in [1.165, 1.54) is 0 Å². The Bertz CT molecular complexity index is 239. The van der Waals surface area contributed by atoms with Gasteiger partial charge in [0.05, 0.1) is 0 Å². The van der Waals surface area contributed by atoms with Crippen LogP contribution in [-0.2, 0) is 0 Å². The molecule has 0 bridgehead atoms. The summed E-state index contributed by atoms with van der Waals surface area (Å²) in [5.74, 6) is 0.777. The van der Waals surface area contributed by atoms with Gasteiger partial charge in [-0.2, -0.15) is 0 Å². The Kier molecular flexibility index (Phi) is 3.32. The number of anilines is 2. The van der Waals surface area contributed by atoms with Crippen LogP contribution in [0.3, 0.4) is 0 Å². The van der Waals surface area contributed by atoms with E-state index in [4.69, 9.17) is 0 Å². The first-order valence-corrected chi connectivity index (χ1v) is 3.80. The van der Waals surface area contributed by atoms with Gasteiger partial charge in [-0.3, -0.25) is 0 Å². The van der Waals surface area contributed by atoms with Crippen LogP contribution >= 0.6 is 0 Å². The van der Waals surface area contributed by atoms with Gasteiger partial charge in [0, 0.05) is 31.5 Å². The summed E-state index contributed by atoms with van der Waals surface area (Å²) in [6.07, 6.45) is 1.67. The van der Waals surface area contributed by atoms with Crippen LogP contribution in [0.2, 0.25) is 0 Å². The van der Waals surface area contributed by atoms with E-state index in [0.717, 1.165) is 11.5 Å². The largest absolute Gasteiger partial charge is 0.382 e. The zero-order valence-corrected chi connectivity index (χ0v) is 6.97. The summed E-state index contributed by atoms with van der Waals surface area (Å²) in [5.41, 5.74) is 0.881. The molecule has 0 saturated carbocycles. The number of hydrogen-bond donors (Lipinski definition) is 2. The molecule has 0 aromatic carbocycles. The zero-order chi connectivity index (χ0) is 8.81. The fourth-order valence-electron chi connectivity index (χ4n) is 0.869. The molecule has 0 radical (unpaired) electrons. The van der Waals surface area contributed by atoms with E-state index in [0.29, 0.717) is 6.54 Å². The van der Waals surface area contributed by atoms with Crippen molar-refractivity contribution in [3.05, 3.63) is 18.3 Å². The van der Waals surface area contributed by atoms with E-state index in [-0.39, 0.29) is 6.67 Å². The van der Waals surface area contributed by atoms with Crippen LogP contribution in [0.1, 0.15) is 0 Å². The van der Waals surface area contributed by atoms with Crippen LogP contribution in [0.25, 0.3) is 0 Å². The molecule has 1 rings (SSSR count). The number of hydrogen-bond acceptors (Lipinski definition) is 3.